The van der Waals surface area contributed by atoms with E-state index in [0.29, 0.717) is 25.6 Å². The molecule has 0 radical (unpaired) electrons. The van der Waals surface area contributed by atoms with E-state index in [1.165, 1.54) is 17.4 Å². The molecule has 2 amide bonds. The van der Waals surface area contributed by atoms with E-state index in [9.17, 15) is 9.59 Å². The number of nitrogens with zero attached hydrogens (tertiary/aromatic N) is 2. The van der Waals surface area contributed by atoms with Gasteiger partial charge in [0.1, 0.15) is 12.4 Å². The van der Waals surface area contributed by atoms with Crippen LogP contribution >= 0.6 is 11.3 Å². The normalized spacial score (nSPS) is 20.1. The molecule has 2 aromatic rings. The highest BCUT2D eigenvalue weighted by molar-refractivity contribution is 7.10. The molecule has 0 saturated carbocycles. The maximum Gasteiger partial charge on any atom is 0.242 e. The first-order chi connectivity index (χ1) is 15.9. The van der Waals surface area contributed by atoms with Crippen molar-refractivity contribution in [3.63, 3.8) is 0 Å². The summed E-state index contributed by atoms with van der Waals surface area (Å²) >= 11 is 1.74. The van der Waals surface area contributed by atoms with E-state index in [2.05, 4.69) is 37.4 Å². The third kappa shape index (κ3) is 5.76. The van der Waals surface area contributed by atoms with Crippen molar-refractivity contribution in [3.8, 4) is 5.75 Å². The van der Waals surface area contributed by atoms with Crippen LogP contribution in [0.15, 0.2) is 35.7 Å². The second kappa shape index (κ2) is 10.7. The van der Waals surface area contributed by atoms with E-state index in [4.69, 9.17) is 9.47 Å². The maximum absolute atomic E-state index is 13.4. The van der Waals surface area contributed by atoms with Crippen LogP contribution in [0.5, 0.6) is 5.75 Å². The Morgan fingerprint density at radius 1 is 1.24 bits per heavy atom. The number of rotatable bonds is 8. The van der Waals surface area contributed by atoms with Crippen LogP contribution in [0.2, 0.25) is 0 Å². The Bertz CT molecular complexity index is 949. The summed E-state index contributed by atoms with van der Waals surface area (Å²) in [4.78, 5) is 30.5. The van der Waals surface area contributed by atoms with Crippen LogP contribution in [-0.2, 0) is 20.7 Å². The Morgan fingerprint density at radius 3 is 2.70 bits per heavy atom. The molecule has 0 bridgehead atoms. The SMILES string of the molecule is CC(=O)N(CC(=O)N1CCc2sccc2[C@@H]1COc1ccc(C(C)C)cc1)C[C@H]1CCCO1. The minimum atomic E-state index is -0.159. The van der Waals surface area contributed by atoms with Gasteiger partial charge in [-0.1, -0.05) is 26.0 Å². The topological polar surface area (TPSA) is 59.1 Å². The van der Waals surface area contributed by atoms with Gasteiger partial charge in [-0.15, -0.1) is 11.3 Å². The van der Waals surface area contributed by atoms with Crippen molar-refractivity contribution < 1.29 is 19.1 Å². The van der Waals surface area contributed by atoms with Gasteiger partial charge in [0.05, 0.1) is 18.7 Å². The first-order valence-corrected chi connectivity index (χ1v) is 12.8. The number of carbonyl (C=O) groups excluding carboxylic acids is 2. The zero-order chi connectivity index (χ0) is 23.4. The van der Waals surface area contributed by atoms with Crippen molar-refractivity contribution in [1.82, 2.24) is 9.80 Å². The molecule has 1 aromatic carbocycles. The molecule has 0 aliphatic carbocycles. The second-order valence-corrected chi connectivity index (χ2v) is 10.2. The third-order valence-electron chi connectivity index (χ3n) is 6.59. The number of hydrogen-bond acceptors (Lipinski definition) is 5. The predicted octanol–water partition coefficient (Wildman–Crippen LogP) is 4.40. The largest absolute Gasteiger partial charge is 0.491 e. The van der Waals surface area contributed by atoms with Gasteiger partial charge in [-0.25, -0.2) is 0 Å². The van der Waals surface area contributed by atoms with Crippen LogP contribution in [0.3, 0.4) is 0 Å². The van der Waals surface area contributed by atoms with Gasteiger partial charge < -0.3 is 19.3 Å². The highest BCUT2D eigenvalue weighted by Gasteiger charge is 2.33. The van der Waals surface area contributed by atoms with Gasteiger partial charge in [0.25, 0.3) is 0 Å². The highest BCUT2D eigenvalue weighted by atomic mass is 32.1. The molecular formula is C26H34N2O4S. The Kier molecular flexibility index (Phi) is 7.71. The van der Waals surface area contributed by atoms with Crippen molar-refractivity contribution in [3.05, 3.63) is 51.7 Å². The van der Waals surface area contributed by atoms with Crippen LogP contribution in [0.4, 0.5) is 0 Å². The van der Waals surface area contributed by atoms with Crippen LogP contribution in [0.1, 0.15) is 61.6 Å². The summed E-state index contributed by atoms with van der Waals surface area (Å²) in [5, 5.41) is 2.09. The average Bonchev–Trinajstić information content (AvgIpc) is 3.49. The lowest BCUT2D eigenvalue weighted by atomic mass is 10.00. The third-order valence-corrected chi connectivity index (χ3v) is 7.59. The number of amides is 2. The summed E-state index contributed by atoms with van der Waals surface area (Å²) in [6, 6.07) is 10.1. The lowest BCUT2D eigenvalue weighted by Crippen LogP contribution is -2.48. The molecule has 178 valence electrons. The van der Waals surface area contributed by atoms with E-state index in [1.54, 1.807) is 16.2 Å². The summed E-state index contributed by atoms with van der Waals surface area (Å²) in [6.07, 6.45) is 2.81. The summed E-state index contributed by atoms with van der Waals surface area (Å²) < 4.78 is 11.8. The fourth-order valence-electron chi connectivity index (χ4n) is 4.59. The molecule has 33 heavy (non-hydrogen) atoms. The van der Waals surface area contributed by atoms with E-state index in [-0.39, 0.29) is 30.5 Å². The summed E-state index contributed by atoms with van der Waals surface area (Å²) in [5.74, 6) is 1.14. The van der Waals surface area contributed by atoms with E-state index in [1.807, 2.05) is 17.0 Å². The van der Waals surface area contributed by atoms with Crippen LogP contribution in [0.25, 0.3) is 0 Å². The lowest BCUT2D eigenvalue weighted by Gasteiger charge is -2.37. The van der Waals surface area contributed by atoms with Gasteiger partial charge >= 0.3 is 0 Å². The number of fused-ring (bicyclic) bond motifs is 1. The summed E-state index contributed by atoms with van der Waals surface area (Å²) in [6.45, 7) is 8.17. The minimum absolute atomic E-state index is 0.0273. The van der Waals surface area contributed by atoms with E-state index in [0.717, 1.165) is 37.2 Å². The smallest absolute Gasteiger partial charge is 0.242 e. The molecule has 0 unspecified atom stereocenters. The monoisotopic (exact) mass is 470 g/mol. The number of thiophene rings is 1. The Morgan fingerprint density at radius 2 is 2.03 bits per heavy atom. The quantitative estimate of drug-likeness (QED) is 0.574. The Labute approximate surface area is 200 Å². The predicted molar refractivity (Wildman–Crippen MR) is 130 cm³/mol. The minimum Gasteiger partial charge on any atom is -0.491 e. The Hall–Kier alpha value is -2.38. The van der Waals surface area contributed by atoms with Crippen LogP contribution in [0, 0.1) is 0 Å². The zero-order valence-corrected chi connectivity index (χ0v) is 20.6. The molecule has 0 spiro atoms. The molecule has 3 heterocycles. The molecule has 4 rings (SSSR count). The number of hydrogen-bond donors (Lipinski definition) is 0. The zero-order valence-electron chi connectivity index (χ0n) is 19.8. The fourth-order valence-corrected chi connectivity index (χ4v) is 5.52. The standard InChI is InChI=1S/C26H34N2O4S/c1-18(2)20-6-8-21(9-7-20)32-17-24-23-11-14-33-25(23)10-12-28(24)26(30)16-27(19(3)29)15-22-5-4-13-31-22/h6-9,11,14,18,22,24H,4-5,10,12-13,15-17H2,1-3H3/t22-,24+/m1/s1. The molecule has 2 atom stereocenters. The molecule has 6 nitrogen and oxygen atoms in total. The average molecular weight is 471 g/mol. The van der Waals surface area contributed by atoms with Gasteiger partial charge in [0.2, 0.25) is 11.8 Å². The van der Waals surface area contributed by atoms with Crippen LogP contribution < -0.4 is 4.74 Å². The summed E-state index contributed by atoms with van der Waals surface area (Å²) in [7, 11) is 0. The van der Waals surface area contributed by atoms with E-state index < -0.39 is 0 Å². The molecule has 2 aliphatic rings. The van der Waals surface area contributed by atoms with E-state index >= 15 is 0 Å². The van der Waals surface area contributed by atoms with Crippen molar-refractivity contribution >= 4 is 23.2 Å². The van der Waals surface area contributed by atoms with Gasteiger partial charge in [-0.3, -0.25) is 9.59 Å². The second-order valence-electron chi connectivity index (χ2n) is 9.22. The number of carbonyl (C=O) groups is 2. The molecule has 2 aliphatic heterocycles. The highest BCUT2D eigenvalue weighted by Crippen LogP contribution is 2.34. The van der Waals surface area contributed by atoms with Gasteiger partial charge in [0, 0.05) is 31.5 Å². The maximum atomic E-state index is 13.4. The van der Waals surface area contributed by atoms with Crippen molar-refractivity contribution in [2.75, 3.05) is 32.8 Å². The summed E-state index contributed by atoms with van der Waals surface area (Å²) in [5.41, 5.74) is 2.43. The number of benzene rings is 1. The van der Waals surface area contributed by atoms with Crippen molar-refractivity contribution in [1.29, 1.82) is 0 Å². The van der Waals surface area contributed by atoms with Crippen LogP contribution in [-0.4, -0.2) is 60.6 Å². The fraction of sp³-hybridized carbons (Fsp3) is 0.538. The van der Waals surface area contributed by atoms with Gasteiger partial charge in [-0.2, -0.15) is 0 Å². The molecule has 7 heteroatoms. The van der Waals surface area contributed by atoms with Gasteiger partial charge in [0.15, 0.2) is 0 Å². The molecular weight excluding hydrogens is 436 g/mol. The Balaban J connectivity index is 1.45. The van der Waals surface area contributed by atoms with Crippen molar-refractivity contribution in [2.45, 2.75) is 58.1 Å². The first kappa shape index (κ1) is 23.8. The molecule has 1 saturated heterocycles. The molecule has 0 N–H and O–H groups in total. The lowest BCUT2D eigenvalue weighted by molar-refractivity contribution is -0.142. The number of ether oxygens (including phenoxy) is 2. The first-order valence-electron chi connectivity index (χ1n) is 11.9. The van der Waals surface area contributed by atoms with Crippen molar-refractivity contribution in [2.24, 2.45) is 0 Å². The molecule has 1 fully saturated rings. The molecule has 1 aromatic heterocycles. The van der Waals surface area contributed by atoms with Gasteiger partial charge in [-0.05, 0) is 59.9 Å².